The molecule has 0 heterocycles. The molecule has 0 aromatic heterocycles. The number of hydrogen-bond acceptors (Lipinski definition) is 22. The van der Waals surface area contributed by atoms with Crippen molar-refractivity contribution in [3.63, 3.8) is 0 Å². The largest absolute Gasteiger partial charge is 0.744 e. The van der Waals surface area contributed by atoms with Crippen LogP contribution >= 0.6 is 0 Å². The van der Waals surface area contributed by atoms with Gasteiger partial charge in [-0.2, -0.15) is 20.5 Å². The van der Waals surface area contributed by atoms with Crippen molar-refractivity contribution in [2.75, 3.05) is 11.5 Å². The van der Waals surface area contributed by atoms with Crippen molar-refractivity contribution < 1.29 is 62.1 Å². The number of aromatic hydroxyl groups is 2. The van der Waals surface area contributed by atoms with Gasteiger partial charge in [0, 0.05) is 22.1 Å². The molecule has 22 nitrogen and oxygen atoms in total. The zero-order valence-corrected chi connectivity index (χ0v) is 32.5. The number of azo groups is 3. The first-order valence-corrected chi connectivity index (χ1v) is 21.4. The molecule has 306 valence electrons. The summed E-state index contributed by atoms with van der Waals surface area (Å²) in [4.78, 5) is -3.81. The zero-order valence-electron chi connectivity index (χ0n) is 29.3. The van der Waals surface area contributed by atoms with E-state index in [9.17, 15) is 62.1 Å². The molecule has 0 atom stereocenters. The molecular weight excluding hydrogens is 861 g/mol. The fraction of sp³-hybridized carbons (Fsp3) is 0.0303. The first kappa shape index (κ1) is 42.1. The van der Waals surface area contributed by atoms with E-state index in [1.165, 1.54) is 42.5 Å². The minimum Gasteiger partial charge on any atom is -0.744 e. The molecule has 0 fully saturated rings. The van der Waals surface area contributed by atoms with E-state index < -0.39 is 94.3 Å². The standard InChI is InChI=1S/C33H26N8O14S4/c1-15-8-20(38-41-31-27(59(53,54)55)12-17-10-22(57(47,48)49)14-24(35)29(17)33(31)43)6-7-25(15)39-36-18-2-4-19(5-3-18)37-40-30-26(58(50,51)52)11-16-9-21(56(44,45)46)13-23(34)28(16)32(30)42/h2-14,42-43H,34-35H2,1H3,(H,44,45,46)(H,47,48,49)(H,50,51,52)(H,53,54,55)/p-4. The van der Waals surface area contributed by atoms with Gasteiger partial charge in [-0.25, -0.2) is 33.7 Å². The fourth-order valence-electron chi connectivity index (χ4n) is 5.57. The Morgan fingerprint density at radius 3 is 1.22 bits per heavy atom. The van der Waals surface area contributed by atoms with E-state index in [1.54, 1.807) is 6.92 Å². The topological polar surface area (TPSA) is 395 Å². The normalized spacial score (nSPS) is 13.1. The number of phenolic OH excluding ortho intramolecular Hbond substituents is 2. The molecule has 0 aliphatic carbocycles. The zero-order chi connectivity index (χ0) is 43.4. The molecule has 0 spiro atoms. The van der Waals surface area contributed by atoms with Gasteiger partial charge in [0.15, 0.2) is 11.5 Å². The minimum atomic E-state index is -5.35. The predicted octanol–water partition coefficient (Wildman–Crippen LogP) is 5.74. The highest BCUT2D eigenvalue weighted by Gasteiger charge is 2.22. The number of aryl methyl sites for hydroxylation is 1. The Morgan fingerprint density at radius 2 is 0.847 bits per heavy atom. The number of phenols is 2. The quantitative estimate of drug-likeness (QED) is 0.0723. The molecule has 6 N–H and O–H groups in total. The van der Waals surface area contributed by atoms with Crippen LogP contribution < -0.4 is 11.5 Å². The summed E-state index contributed by atoms with van der Waals surface area (Å²) < 4.78 is 141. The molecule has 6 rings (SSSR count). The first-order chi connectivity index (χ1) is 27.3. The average molecular weight is 883 g/mol. The van der Waals surface area contributed by atoms with Crippen molar-refractivity contribution in [3.8, 4) is 11.5 Å². The van der Waals surface area contributed by atoms with Crippen molar-refractivity contribution in [1.29, 1.82) is 0 Å². The Hall–Kier alpha value is -6.52. The summed E-state index contributed by atoms with van der Waals surface area (Å²) in [6, 6.07) is 14.3. The number of nitrogens with two attached hydrogens (primary N) is 2. The molecule has 0 saturated heterocycles. The Balaban J connectivity index is 1.24. The molecule has 0 aliphatic heterocycles. The molecular formula is C33H22N8O14S4-4. The van der Waals surface area contributed by atoms with Gasteiger partial charge in [0.25, 0.3) is 0 Å². The summed E-state index contributed by atoms with van der Waals surface area (Å²) in [6.07, 6.45) is 0. The van der Waals surface area contributed by atoms with Gasteiger partial charge < -0.3 is 39.9 Å². The van der Waals surface area contributed by atoms with Gasteiger partial charge in [-0.3, -0.25) is 0 Å². The second-order valence-corrected chi connectivity index (χ2v) is 17.7. The summed E-state index contributed by atoms with van der Waals surface area (Å²) in [7, 11) is -20.8. The van der Waals surface area contributed by atoms with Crippen molar-refractivity contribution in [1.82, 2.24) is 0 Å². The van der Waals surface area contributed by atoms with Crippen LogP contribution in [-0.2, 0) is 40.5 Å². The van der Waals surface area contributed by atoms with Crippen LogP contribution in [0.15, 0.2) is 129 Å². The lowest BCUT2D eigenvalue weighted by Gasteiger charge is -2.16. The van der Waals surface area contributed by atoms with Gasteiger partial charge >= 0.3 is 0 Å². The predicted molar refractivity (Wildman–Crippen MR) is 202 cm³/mol. The molecule has 0 aliphatic rings. The Morgan fingerprint density at radius 1 is 0.475 bits per heavy atom. The van der Waals surface area contributed by atoms with Crippen LogP contribution in [0.1, 0.15) is 5.56 Å². The molecule has 0 amide bonds. The molecule has 6 aromatic rings. The number of nitrogens with zero attached hydrogens (tertiary/aromatic N) is 6. The van der Waals surface area contributed by atoms with Crippen LogP contribution in [-0.4, -0.2) is 62.1 Å². The molecule has 6 aromatic carbocycles. The van der Waals surface area contributed by atoms with Gasteiger partial charge in [0.2, 0.25) is 0 Å². The van der Waals surface area contributed by atoms with E-state index in [0.717, 1.165) is 24.3 Å². The third-order valence-electron chi connectivity index (χ3n) is 8.26. The second-order valence-electron chi connectivity index (χ2n) is 12.3. The number of benzene rings is 6. The maximum atomic E-state index is 12.1. The van der Waals surface area contributed by atoms with Gasteiger partial charge in [-0.15, -0.1) is 10.2 Å². The van der Waals surface area contributed by atoms with Crippen LogP contribution in [0.5, 0.6) is 11.5 Å². The smallest absolute Gasteiger partial charge is 0.154 e. The number of nitrogen functional groups attached to an aromatic ring is 2. The molecule has 0 radical (unpaired) electrons. The van der Waals surface area contributed by atoms with E-state index in [1.807, 2.05) is 0 Å². The fourth-order valence-corrected chi connectivity index (χ4v) is 7.95. The van der Waals surface area contributed by atoms with Crippen LogP contribution in [0.3, 0.4) is 0 Å². The Labute approximate surface area is 332 Å². The Kier molecular flexibility index (Phi) is 10.7. The van der Waals surface area contributed by atoms with Crippen LogP contribution in [0.4, 0.5) is 45.5 Å². The van der Waals surface area contributed by atoms with Crippen molar-refractivity contribution in [3.05, 3.63) is 84.4 Å². The lowest BCUT2D eigenvalue weighted by Crippen LogP contribution is -2.03. The van der Waals surface area contributed by atoms with E-state index in [2.05, 4.69) is 30.7 Å². The highest BCUT2D eigenvalue weighted by atomic mass is 32.2. The number of fused-ring (bicyclic) bond motifs is 2. The van der Waals surface area contributed by atoms with E-state index in [-0.39, 0.29) is 38.6 Å². The number of anilines is 2. The van der Waals surface area contributed by atoms with Crippen molar-refractivity contribution in [2.24, 2.45) is 30.7 Å². The van der Waals surface area contributed by atoms with E-state index >= 15 is 0 Å². The summed E-state index contributed by atoms with van der Waals surface area (Å²) in [6.45, 7) is 1.61. The van der Waals surface area contributed by atoms with E-state index in [0.29, 0.717) is 23.4 Å². The second kappa shape index (κ2) is 15.0. The van der Waals surface area contributed by atoms with Crippen molar-refractivity contribution in [2.45, 2.75) is 26.5 Å². The van der Waals surface area contributed by atoms with Gasteiger partial charge in [0.1, 0.15) is 51.8 Å². The summed E-state index contributed by atoms with van der Waals surface area (Å²) in [5.74, 6) is -1.84. The van der Waals surface area contributed by atoms with Gasteiger partial charge in [-0.1, -0.05) is 0 Å². The highest BCUT2D eigenvalue weighted by molar-refractivity contribution is 7.86. The highest BCUT2D eigenvalue weighted by Crippen LogP contribution is 2.46. The molecule has 0 unspecified atom stereocenters. The molecule has 59 heavy (non-hydrogen) atoms. The SMILES string of the molecule is Cc1cc(N=Nc2c(S(=O)(=O)[O-])cc3cc(S(=O)(=O)[O-])cc(N)c3c2O)ccc1N=Nc1ccc(N=Nc2c(S(=O)(=O)[O-])cc3cc(S(=O)(=O)[O-])cc(N)c3c2O)cc1. The lowest BCUT2D eigenvalue weighted by molar-refractivity contribution is 0.457. The monoisotopic (exact) mass is 882 g/mol. The number of hydrogen-bond donors (Lipinski definition) is 4. The average Bonchev–Trinajstić information content (AvgIpc) is 3.12. The van der Waals surface area contributed by atoms with Gasteiger partial charge in [-0.05, 0) is 102 Å². The summed E-state index contributed by atoms with van der Waals surface area (Å²) in [5, 5.41) is 44.0. The Bertz CT molecular complexity index is 3320. The van der Waals surface area contributed by atoms with Crippen LogP contribution in [0.25, 0.3) is 21.5 Å². The summed E-state index contributed by atoms with van der Waals surface area (Å²) >= 11 is 0. The van der Waals surface area contributed by atoms with Crippen molar-refractivity contribution >= 4 is 108 Å². The van der Waals surface area contributed by atoms with Gasteiger partial charge in [0.05, 0.1) is 42.3 Å². The van der Waals surface area contributed by atoms with Crippen LogP contribution in [0.2, 0.25) is 0 Å². The van der Waals surface area contributed by atoms with Crippen LogP contribution in [0, 0.1) is 6.92 Å². The van der Waals surface area contributed by atoms with E-state index in [4.69, 9.17) is 11.5 Å². The maximum absolute atomic E-state index is 12.1. The lowest BCUT2D eigenvalue weighted by atomic mass is 10.1. The number of rotatable bonds is 10. The molecule has 26 heteroatoms. The third-order valence-corrected chi connectivity index (χ3v) is 11.6. The minimum absolute atomic E-state index is 0.0811. The maximum Gasteiger partial charge on any atom is 0.154 e. The summed E-state index contributed by atoms with van der Waals surface area (Å²) in [5.41, 5.74) is 10.5. The molecule has 0 saturated carbocycles. The first-order valence-electron chi connectivity index (χ1n) is 15.8. The third kappa shape index (κ3) is 8.83. The molecule has 0 bridgehead atoms.